The summed E-state index contributed by atoms with van der Waals surface area (Å²) in [6.07, 6.45) is -5.95. The molecule has 0 spiro atoms. The van der Waals surface area contributed by atoms with Gasteiger partial charge < -0.3 is 5.73 Å². The zero-order valence-corrected chi connectivity index (χ0v) is 9.70. The van der Waals surface area contributed by atoms with Gasteiger partial charge in [-0.3, -0.25) is 0 Å². The molecule has 19 heavy (non-hydrogen) atoms. The Morgan fingerprint density at radius 2 is 1.74 bits per heavy atom. The summed E-state index contributed by atoms with van der Waals surface area (Å²) in [5.41, 5.74) is 2.81. The lowest BCUT2D eigenvalue weighted by atomic mass is 9.62. The first kappa shape index (κ1) is 14.2. The lowest BCUT2D eigenvalue weighted by molar-refractivity contribution is -0.138. The van der Waals surface area contributed by atoms with Crippen molar-refractivity contribution in [1.82, 2.24) is 0 Å². The first-order chi connectivity index (χ1) is 8.60. The minimum absolute atomic E-state index is 0.172. The molecule has 1 saturated carbocycles. The number of hydrogen-bond acceptors (Lipinski definition) is 1. The SMILES string of the molecule is NCC1(c2ccc(C(F)(F)F)cc2F)CC(F)(F)C1. The van der Waals surface area contributed by atoms with Gasteiger partial charge in [-0.15, -0.1) is 0 Å². The lowest BCUT2D eigenvalue weighted by Crippen LogP contribution is -2.54. The largest absolute Gasteiger partial charge is 0.416 e. The van der Waals surface area contributed by atoms with Crippen molar-refractivity contribution in [2.45, 2.75) is 30.4 Å². The maximum Gasteiger partial charge on any atom is 0.416 e. The van der Waals surface area contributed by atoms with Gasteiger partial charge in [0.25, 0.3) is 0 Å². The number of halogens is 6. The molecule has 0 radical (unpaired) electrons. The van der Waals surface area contributed by atoms with Crippen LogP contribution in [0.15, 0.2) is 18.2 Å². The molecular weight excluding hydrogens is 272 g/mol. The summed E-state index contributed by atoms with van der Waals surface area (Å²) in [5.74, 6) is -4.08. The van der Waals surface area contributed by atoms with Crippen molar-refractivity contribution in [2.75, 3.05) is 6.54 Å². The zero-order valence-electron chi connectivity index (χ0n) is 9.70. The molecule has 0 heterocycles. The highest BCUT2D eigenvalue weighted by atomic mass is 19.4. The molecule has 0 aliphatic heterocycles. The number of hydrogen-bond donors (Lipinski definition) is 1. The summed E-state index contributed by atoms with van der Waals surface area (Å²) >= 11 is 0. The van der Waals surface area contributed by atoms with Gasteiger partial charge in [0.2, 0.25) is 5.92 Å². The molecular formula is C12H11F6N. The molecule has 0 atom stereocenters. The Kier molecular flexibility index (Phi) is 3.08. The molecule has 1 aliphatic carbocycles. The van der Waals surface area contributed by atoms with Crippen LogP contribution < -0.4 is 5.73 Å². The summed E-state index contributed by atoms with van der Waals surface area (Å²) in [4.78, 5) is 0. The van der Waals surface area contributed by atoms with E-state index >= 15 is 0 Å². The fourth-order valence-electron chi connectivity index (χ4n) is 2.50. The minimum atomic E-state index is -4.67. The van der Waals surface area contributed by atoms with Crippen molar-refractivity contribution in [3.63, 3.8) is 0 Å². The van der Waals surface area contributed by atoms with Crippen molar-refractivity contribution in [3.8, 4) is 0 Å². The molecule has 1 aliphatic rings. The number of nitrogens with two attached hydrogens (primary N) is 1. The van der Waals surface area contributed by atoms with E-state index in [-0.39, 0.29) is 12.1 Å². The van der Waals surface area contributed by atoms with Crippen LogP contribution in [0.4, 0.5) is 26.3 Å². The van der Waals surface area contributed by atoms with Gasteiger partial charge in [0, 0.05) is 24.8 Å². The number of rotatable bonds is 2. The van der Waals surface area contributed by atoms with Crippen LogP contribution in [0.1, 0.15) is 24.0 Å². The smallest absolute Gasteiger partial charge is 0.330 e. The van der Waals surface area contributed by atoms with Crippen LogP contribution in [0.2, 0.25) is 0 Å². The summed E-state index contributed by atoms with van der Waals surface area (Å²) in [6.45, 7) is -0.231. The fourth-order valence-corrected chi connectivity index (χ4v) is 2.50. The second-order valence-corrected chi connectivity index (χ2v) is 4.89. The van der Waals surface area contributed by atoms with Crippen LogP contribution >= 0.6 is 0 Å². The first-order valence-corrected chi connectivity index (χ1v) is 5.55. The molecule has 2 rings (SSSR count). The van der Waals surface area contributed by atoms with E-state index in [0.717, 1.165) is 6.07 Å². The average Bonchev–Trinajstić information content (AvgIpc) is 2.24. The summed E-state index contributed by atoms with van der Waals surface area (Å²) in [6, 6.07) is 1.91. The number of alkyl halides is 5. The third-order valence-electron chi connectivity index (χ3n) is 3.45. The molecule has 1 aromatic carbocycles. The zero-order chi connectivity index (χ0) is 14.5. The van der Waals surface area contributed by atoms with E-state index in [4.69, 9.17) is 5.73 Å². The van der Waals surface area contributed by atoms with Gasteiger partial charge in [-0.2, -0.15) is 13.2 Å². The molecule has 7 heteroatoms. The van der Waals surface area contributed by atoms with Gasteiger partial charge >= 0.3 is 6.18 Å². The quantitative estimate of drug-likeness (QED) is 0.826. The Morgan fingerprint density at radius 3 is 2.11 bits per heavy atom. The molecule has 0 aromatic heterocycles. The third kappa shape index (κ3) is 2.43. The van der Waals surface area contributed by atoms with E-state index in [1.807, 2.05) is 0 Å². The van der Waals surface area contributed by atoms with E-state index in [9.17, 15) is 26.3 Å². The summed E-state index contributed by atoms with van der Waals surface area (Å²) in [5, 5.41) is 0. The van der Waals surface area contributed by atoms with Crippen LogP contribution in [-0.2, 0) is 11.6 Å². The second-order valence-electron chi connectivity index (χ2n) is 4.89. The van der Waals surface area contributed by atoms with Crippen molar-refractivity contribution in [1.29, 1.82) is 0 Å². The van der Waals surface area contributed by atoms with Crippen LogP contribution in [0.3, 0.4) is 0 Å². The monoisotopic (exact) mass is 283 g/mol. The predicted octanol–water partition coefficient (Wildman–Crippen LogP) is 3.47. The Hall–Kier alpha value is -1.24. The molecule has 106 valence electrons. The van der Waals surface area contributed by atoms with Gasteiger partial charge in [-0.1, -0.05) is 6.07 Å². The van der Waals surface area contributed by atoms with Crippen LogP contribution in [0.5, 0.6) is 0 Å². The highest BCUT2D eigenvalue weighted by Gasteiger charge is 2.57. The molecule has 0 bridgehead atoms. The van der Waals surface area contributed by atoms with Crippen LogP contribution in [0, 0.1) is 5.82 Å². The Labute approximate surface area is 105 Å². The van der Waals surface area contributed by atoms with E-state index in [1.165, 1.54) is 0 Å². The molecule has 0 unspecified atom stereocenters. The van der Waals surface area contributed by atoms with Crippen molar-refractivity contribution >= 4 is 0 Å². The van der Waals surface area contributed by atoms with Gasteiger partial charge in [-0.05, 0) is 17.7 Å². The average molecular weight is 283 g/mol. The standard InChI is InChI=1S/C12H11F6N/c13-9-3-7(12(16,17)18)1-2-8(9)10(6-19)4-11(14,15)5-10/h1-3H,4-6,19H2. The molecule has 1 fully saturated rings. The van der Waals surface area contributed by atoms with Crippen molar-refractivity contribution in [3.05, 3.63) is 35.1 Å². The van der Waals surface area contributed by atoms with Gasteiger partial charge in [0.05, 0.1) is 5.56 Å². The highest BCUT2D eigenvalue weighted by Crippen LogP contribution is 2.53. The minimum Gasteiger partial charge on any atom is -0.330 e. The normalized spacial score (nSPS) is 21.0. The van der Waals surface area contributed by atoms with Crippen molar-refractivity contribution in [2.24, 2.45) is 5.73 Å². The van der Waals surface area contributed by atoms with Gasteiger partial charge in [-0.25, -0.2) is 13.2 Å². The maximum atomic E-state index is 13.7. The summed E-state index contributed by atoms with van der Waals surface area (Å²) < 4.78 is 76.8. The predicted molar refractivity (Wildman–Crippen MR) is 56.3 cm³/mol. The lowest BCUT2D eigenvalue weighted by Gasteiger charge is -2.47. The molecule has 1 aromatic rings. The van der Waals surface area contributed by atoms with Gasteiger partial charge in [0.15, 0.2) is 0 Å². The maximum absolute atomic E-state index is 13.7. The van der Waals surface area contributed by atoms with Crippen LogP contribution in [-0.4, -0.2) is 12.5 Å². The topological polar surface area (TPSA) is 26.0 Å². The van der Waals surface area contributed by atoms with Gasteiger partial charge in [0.1, 0.15) is 5.82 Å². The van der Waals surface area contributed by atoms with E-state index in [0.29, 0.717) is 12.1 Å². The second kappa shape index (κ2) is 4.13. The molecule has 0 saturated heterocycles. The van der Waals surface area contributed by atoms with E-state index in [1.54, 1.807) is 0 Å². The Morgan fingerprint density at radius 1 is 1.16 bits per heavy atom. The first-order valence-electron chi connectivity index (χ1n) is 5.55. The highest BCUT2D eigenvalue weighted by molar-refractivity contribution is 5.36. The third-order valence-corrected chi connectivity index (χ3v) is 3.45. The van der Waals surface area contributed by atoms with Crippen LogP contribution in [0.25, 0.3) is 0 Å². The molecule has 0 amide bonds. The Balaban J connectivity index is 2.37. The molecule has 2 N–H and O–H groups in total. The van der Waals surface area contributed by atoms with E-state index in [2.05, 4.69) is 0 Å². The molecule has 1 nitrogen and oxygen atoms in total. The number of benzene rings is 1. The van der Waals surface area contributed by atoms with Crippen molar-refractivity contribution < 1.29 is 26.3 Å². The summed E-state index contributed by atoms with van der Waals surface area (Å²) in [7, 11) is 0. The van der Waals surface area contributed by atoms with E-state index < -0.39 is 41.7 Å². The Bertz CT molecular complexity index is 485. The fraction of sp³-hybridized carbons (Fsp3) is 0.500.